The van der Waals surface area contributed by atoms with E-state index in [-0.39, 0.29) is 4.47 Å². The van der Waals surface area contributed by atoms with Crippen molar-refractivity contribution in [3.05, 3.63) is 33.8 Å². The van der Waals surface area contributed by atoms with Crippen LogP contribution in [0.15, 0.2) is 22.7 Å². The first-order valence-electron chi connectivity index (χ1n) is 3.79. The normalized spacial score (nSPS) is 11.8. The molecule has 0 heterocycles. The van der Waals surface area contributed by atoms with Gasteiger partial charge in [-0.3, -0.25) is 0 Å². The van der Waals surface area contributed by atoms with Gasteiger partial charge in [0.1, 0.15) is 0 Å². The van der Waals surface area contributed by atoms with Gasteiger partial charge in [-0.1, -0.05) is 22.0 Å². The molecule has 0 N–H and O–H groups in total. The molecular formula is C9H8BrF3O. The predicted octanol–water partition coefficient (Wildman–Crippen LogP) is 3.61. The fourth-order valence-corrected chi connectivity index (χ4v) is 1.70. The van der Waals surface area contributed by atoms with Crippen LogP contribution in [0, 0.1) is 0 Å². The summed E-state index contributed by atoms with van der Waals surface area (Å²) in [6.45, 7) is 0.302. The van der Waals surface area contributed by atoms with Gasteiger partial charge >= 0.3 is 6.18 Å². The van der Waals surface area contributed by atoms with Crippen LogP contribution in [0.5, 0.6) is 0 Å². The van der Waals surface area contributed by atoms with Crippen molar-refractivity contribution in [3.63, 3.8) is 0 Å². The smallest absolute Gasteiger partial charge is 0.380 e. The van der Waals surface area contributed by atoms with Crippen molar-refractivity contribution >= 4 is 15.9 Å². The summed E-state index contributed by atoms with van der Waals surface area (Å²) in [4.78, 5) is 0. The van der Waals surface area contributed by atoms with Crippen LogP contribution < -0.4 is 0 Å². The molecule has 0 radical (unpaired) electrons. The zero-order valence-corrected chi connectivity index (χ0v) is 8.95. The van der Waals surface area contributed by atoms with Crippen LogP contribution in [0.2, 0.25) is 0 Å². The van der Waals surface area contributed by atoms with E-state index in [4.69, 9.17) is 4.74 Å². The highest BCUT2D eigenvalue weighted by molar-refractivity contribution is 9.10. The molecule has 0 aliphatic carbocycles. The Morgan fingerprint density at radius 2 is 2.00 bits per heavy atom. The summed E-state index contributed by atoms with van der Waals surface area (Å²) in [7, 11) is 1.49. The van der Waals surface area contributed by atoms with Crippen molar-refractivity contribution in [1.82, 2.24) is 0 Å². The molecule has 0 atom stereocenters. The molecule has 0 saturated carbocycles. The highest BCUT2D eigenvalue weighted by Gasteiger charge is 2.32. The Hall–Kier alpha value is -0.550. The minimum absolute atomic E-state index is 0.0413. The van der Waals surface area contributed by atoms with Crippen LogP contribution in [-0.4, -0.2) is 7.11 Å². The van der Waals surface area contributed by atoms with Gasteiger partial charge in [0.15, 0.2) is 0 Å². The van der Waals surface area contributed by atoms with Gasteiger partial charge < -0.3 is 4.74 Å². The number of rotatable bonds is 2. The lowest BCUT2D eigenvalue weighted by atomic mass is 10.1. The van der Waals surface area contributed by atoms with E-state index in [1.54, 1.807) is 0 Å². The van der Waals surface area contributed by atoms with E-state index in [0.717, 1.165) is 6.07 Å². The number of hydrogen-bond donors (Lipinski definition) is 0. The molecule has 0 aromatic heterocycles. The van der Waals surface area contributed by atoms with Crippen molar-refractivity contribution in [2.24, 2.45) is 0 Å². The molecule has 1 nitrogen and oxygen atoms in total. The summed E-state index contributed by atoms with van der Waals surface area (Å²) in [6, 6.07) is 3.85. The highest BCUT2D eigenvalue weighted by atomic mass is 79.9. The fraction of sp³-hybridized carbons (Fsp3) is 0.333. The summed E-state index contributed by atoms with van der Waals surface area (Å²) in [5.74, 6) is 0. The average molecular weight is 269 g/mol. The van der Waals surface area contributed by atoms with E-state index in [2.05, 4.69) is 15.9 Å². The number of hydrogen-bond acceptors (Lipinski definition) is 1. The molecule has 0 saturated heterocycles. The van der Waals surface area contributed by atoms with Crippen LogP contribution >= 0.6 is 15.9 Å². The summed E-state index contributed by atoms with van der Waals surface area (Å²) in [6.07, 6.45) is -4.32. The standard InChI is InChI=1S/C9H8BrF3O/c1-14-5-6-2-3-7(8(10)4-6)9(11,12)13/h2-4H,5H2,1H3. The second-order valence-corrected chi connectivity index (χ2v) is 3.60. The molecule has 1 rings (SSSR count). The molecule has 0 unspecified atom stereocenters. The average Bonchev–Trinajstić information content (AvgIpc) is 2.02. The second-order valence-electron chi connectivity index (χ2n) is 2.74. The first kappa shape index (κ1) is 11.5. The Bertz CT molecular complexity index is 322. The lowest BCUT2D eigenvalue weighted by molar-refractivity contribution is -0.138. The molecule has 0 aliphatic rings. The molecular weight excluding hydrogens is 261 g/mol. The highest BCUT2D eigenvalue weighted by Crippen LogP contribution is 2.35. The van der Waals surface area contributed by atoms with Gasteiger partial charge in [0, 0.05) is 11.6 Å². The molecule has 5 heteroatoms. The molecule has 1 aromatic rings. The fourth-order valence-electron chi connectivity index (χ4n) is 1.04. The molecule has 0 amide bonds. The lowest BCUT2D eigenvalue weighted by Gasteiger charge is -2.10. The van der Waals surface area contributed by atoms with Gasteiger partial charge in [-0.15, -0.1) is 0 Å². The molecule has 14 heavy (non-hydrogen) atoms. The van der Waals surface area contributed by atoms with E-state index in [0.29, 0.717) is 12.2 Å². The number of ether oxygens (including phenoxy) is 1. The zero-order chi connectivity index (χ0) is 10.8. The third kappa shape index (κ3) is 2.72. The molecule has 1 aromatic carbocycles. The van der Waals surface area contributed by atoms with Crippen molar-refractivity contribution in [1.29, 1.82) is 0 Å². The Morgan fingerprint density at radius 3 is 2.43 bits per heavy atom. The van der Waals surface area contributed by atoms with Crippen LogP contribution in [0.4, 0.5) is 13.2 Å². The van der Waals surface area contributed by atoms with Crippen molar-refractivity contribution in [3.8, 4) is 0 Å². The van der Waals surface area contributed by atoms with Gasteiger partial charge in [0.2, 0.25) is 0 Å². The lowest BCUT2D eigenvalue weighted by Crippen LogP contribution is -2.06. The molecule has 0 bridgehead atoms. The second kappa shape index (κ2) is 4.31. The van der Waals surface area contributed by atoms with Crippen LogP contribution in [0.25, 0.3) is 0 Å². The van der Waals surface area contributed by atoms with E-state index in [1.165, 1.54) is 19.2 Å². The number of alkyl halides is 3. The first-order valence-corrected chi connectivity index (χ1v) is 4.59. The van der Waals surface area contributed by atoms with E-state index >= 15 is 0 Å². The molecule has 78 valence electrons. The maximum absolute atomic E-state index is 12.3. The van der Waals surface area contributed by atoms with E-state index < -0.39 is 11.7 Å². The summed E-state index contributed by atoms with van der Waals surface area (Å²) < 4.78 is 41.8. The van der Waals surface area contributed by atoms with Crippen LogP contribution in [-0.2, 0) is 17.5 Å². The van der Waals surface area contributed by atoms with E-state index in [1.807, 2.05) is 0 Å². The van der Waals surface area contributed by atoms with Crippen molar-refractivity contribution in [2.45, 2.75) is 12.8 Å². The molecule has 0 spiro atoms. The first-order chi connectivity index (χ1) is 6.45. The minimum atomic E-state index is -4.32. The maximum Gasteiger partial charge on any atom is 0.417 e. The van der Waals surface area contributed by atoms with Gasteiger partial charge in [-0.05, 0) is 17.7 Å². The summed E-state index contributed by atoms with van der Waals surface area (Å²) in [5, 5.41) is 0. The van der Waals surface area contributed by atoms with Gasteiger partial charge in [-0.25, -0.2) is 0 Å². The molecule has 0 fully saturated rings. The number of benzene rings is 1. The topological polar surface area (TPSA) is 9.23 Å². The number of halogens is 4. The Balaban J connectivity index is 3.02. The van der Waals surface area contributed by atoms with Crippen molar-refractivity contribution in [2.75, 3.05) is 7.11 Å². The maximum atomic E-state index is 12.3. The summed E-state index contributed by atoms with van der Waals surface area (Å²) >= 11 is 2.88. The quantitative estimate of drug-likeness (QED) is 0.796. The minimum Gasteiger partial charge on any atom is -0.380 e. The van der Waals surface area contributed by atoms with Crippen LogP contribution in [0.1, 0.15) is 11.1 Å². The third-order valence-corrected chi connectivity index (χ3v) is 2.31. The Labute approximate surface area is 88.0 Å². The Kier molecular flexibility index (Phi) is 3.55. The Morgan fingerprint density at radius 1 is 1.36 bits per heavy atom. The van der Waals surface area contributed by atoms with Gasteiger partial charge in [0.25, 0.3) is 0 Å². The summed E-state index contributed by atoms with van der Waals surface area (Å²) in [5.41, 5.74) is 0.0322. The van der Waals surface area contributed by atoms with E-state index in [9.17, 15) is 13.2 Å². The monoisotopic (exact) mass is 268 g/mol. The van der Waals surface area contributed by atoms with Gasteiger partial charge in [0.05, 0.1) is 12.2 Å². The van der Waals surface area contributed by atoms with Crippen LogP contribution in [0.3, 0.4) is 0 Å². The third-order valence-electron chi connectivity index (χ3n) is 1.65. The zero-order valence-electron chi connectivity index (χ0n) is 7.36. The van der Waals surface area contributed by atoms with Gasteiger partial charge in [-0.2, -0.15) is 13.2 Å². The van der Waals surface area contributed by atoms with Crippen molar-refractivity contribution < 1.29 is 17.9 Å². The number of methoxy groups -OCH3 is 1. The predicted molar refractivity (Wildman–Crippen MR) is 49.9 cm³/mol. The largest absolute Gasteiger partial charge is 0.417 e. The molecule has 0 aliphatic heterocycles. The SMILES string of the molecule is COCc1ccc(C(F)(F)F)c(Br)c1.